The van der Waals surface area contributed by atoms with Crippen LogP contribution in [0.4, 0.5) is 0 Å². The molecule has 0 saturated carbocycles. The topological polar surface area (TPSA) is 59.4 Å². The summed E-state index contributed by atoms with van der Waals surface area (Å²) in [5.41, 5.74) is 1.95. The van der Waals surface area contributed by atoms with Crippen molar-refractivity contribution in [3.63, 3.8) is 0 Å². The Balaban J connectivity index is 1.77. The highest BCUT2D eigenvalue weighted by atomic mass is 16.5. The highest BCUT2D eigenvalue weighted by Gasteiger charge is 2.15. The molecule has 1 aliphatic heterocycles. The Labute approximate surface area is 120 Å². The van der Waals surface area contributed by atoms with Crippen LogP contribution < -0.4 is 5.32 Å². The zero-order valence-electron chi connectivity index (χ0n) is 12.6. The lowest BCUT2D eigenvalue weighted by molar-refractivity contribution is -0.122. The molecule has 0 aromatic carbocycles. The van der Waals surface area contributed by atoms with Gasteiger partial charge in [0.25, 0.3) is 0 Å². The van der Waals surface area contributed by atoms with Gasteiger partial charge in [-0.05, 0) is 26.8 Å². The van der Waals surface area contributed by atoms with Gasteiger partial charge in [-0.3, -0.25) is 14.4 Å². The average molecular weight is 280 g/mol. The van der Waals surface area contributed by atoms with Crippen LogP contribution in [0.25, 0.3) is 0 Å². The first-order valence-corrected chi connectivity index (χ1v) is 7.15. The van der Waals surface area contributed by atoms with E-state index in [9.17, 15) is 4.79 Å². The maximum absolute atomic E-state index is 12.0. The summed E-state index contributed by atoms with van der Waals surface area (Å²) < 4.78 is 7.06. The highest BCUT2D eigenvalue weighted by Crippen LogP contribution is 2.02. The van der Waals surface area contributed by atoms with Crippen LogP contribution in [0.2, 0.25) is 0 Å². The average Bonchev–Trinajstić information content (AvgIpc) is 2.68. The molecule has 2 heterocycles. The Bertz CT molecular complexity index is 452. The lowest BCUT2D eigenvalue weighted by Gasteiger charge is -2.29. The molecule has 0 bridgehead atoms. The summed E-state index contributed by atoms with van der Waals surface area (Å²) in [6.07, 6.45) is 0. The summed E-state index contributed by atoms with van der Waals surface area (Å²) >= 11 is 0. The number of nitrogens with zero attached hydrogens (tertiary/aromatic N) is 3. The van der Waals surface area contributed by atoms with Crippen LogP contribution in [0, 0.1) is 13.8 Å². The van der Waals surface area contributed by atoms with E-state index in [4.69, 9.17) is 4.74 Å². The first kappa shape index (κ1) is 15.0. The second-order valence-corrected chi connectivity index (χ2v) is 5.47. The van der Waals surface area contributed by atoms with Gasteiger partial charge in [0.2, 0.25) is 5.91 Å². The second kappa shape index (κ2) is 6.85. The predicted octanol–water partition coefficient (Wildman–Crippen LogP) is 0.337. The number of aromatic nitrogens is 2. The lowest BCUT2D eigenvalue weighted by Crippen LogP contribution is -2.46. The molecule has 20 heavy (non-hydrogen) atoms. The number of aryl methyl sites for hydroxylation is 2. The van der Waals surface area contributed by atoms with Crippen LogP contribution in [-0.4, -0.2) is 59.5 Å². The molecule has 2 rings (SSSR count). The summed E-state index contributed by atoms with van der Waals surface area (Å²) in [6.45, 7) is 10.5. The fourth-order valence-corrected chi connectivity index (χ4v) is 2.51. The third-order valence-corrected chi connectivity index (χ3v) is 3.44. The smallest absolute Gasteiger partial charge is 0.241 e. The molecule has 6 nitrogen and oxygen atoms in total. The van der Waals surface area contributed by atoms with Gasteiger partial charge in [-0.25, -0.2) is 0 Å². The van der Waals surface area contributed by atoms with Gasteiger partial charge in [-0.2, -0.15) is 5.10 Å². The zero-order chi connectivity index (χ0) is 14.5. The molecule has 6 heteroatoms. The van der Waals surface area contributed by atoms with Crippen molar-refractivity contribution < 1.29 is 9.53 Å². The minimum Gasteiger partial charge on any atom is -0.379 e. The summed E-state index contributed by atoms with van der Waals surface area (Å²) in [5, 5.41) is 7.33. The van der Waals surface area contributed by atoms with Crippen LogP contribution in [0.1, 0.15) is 18.3 Å². The molecule has 0 radical (unpaired) electrons. The van der Waals surface area contributed by atoms with Gasteiger partial charge in [0.05, 0.1) is 18.9 Å². The van der Waals surface area contributed by atoms with Crippen LogP contribution in [-0.2, 0) is 16.1 Å². The fourth-order valence-electron chi connectivity index (χ4n) is 2.51. The molecule has 1 amide bonds. The normalized spacial score (nSPS) is 17.9. The number of amides is 1. The molecule has 1 unspecified atom stereocenters. The van der Waals surface area contributed by atoms with Gasteiger partial charge in [0.1, 0.15) is 6.54 Å². The lowest BCUT2D eigenvalue weighted by atomic mass is 10.3. The Morgan fingerprint density at radius 3 is 2.75 bits per heavy atom. The molecule has 1 N–H and O–H groups in total. The molecular formula is C14H24N4O2. The molecule has 1 atom stereocenters. The Kier molecular flexibility index (Phi) is 5.14. The number of hydrogen-bond donors (Lipinski definition) is 1. The molecule has 1 saturated heterocycles. The number of hydrogen-bond acceptors (Lipinski definition) is 4. The summed E-state index contributed by atoms with van der Waals surface area (Å²) in [6, 6.07) is 2.11. The Hall–Kier alpha value is -1.40. The summed E-state index contributed by atoms with van der Waals surface area (Å²) in [7, 11) is 0. The molecule has 1 aromatic heterocycles. The fraction of sp³-hybridized carbons (Fsp3) is 0.714. The molecule has 1 aliphatic rings. The molecule has 0 aliphatic carbocycles. The summed E-state index contributed by atoms with van der Waals surface area (Å²) in [4.78, 5) is 14.3. The second-order valence-electron chi connectivity index (χ2n) is 5.47. The van der Waals surface area contributed by atoms with E-state index in [1.807, 2.05) is 26.8 Å². The molecule has 112 valence electrons. The first-order chi connectivity index (χ1) is 9.54. The van der Waals surface area contributed by atoms with Gasteiger partial charge in [0, 0.05) is 31.4 Å². The van der Waals surface area contributed by atoms with Gasteiger partial charge in [-0.15, -0.1) is 0 Å². The van der Waals surface area contributed by atoms with Crippen molar-refractivity contribution in [2.24, 2.45) is 0 Å². The Morgan fingerprint density at radius 2 is 2.15 bits per heavy atom. The van der Waals surface area contributed by atoms with Gasteiger partial charge in [-0.1, -0.05) is 0 Å². The van der Waals surface area contributed by atoms with Crippen molar-refractivity contribution in [1.82, 2.24) is 20.0 Å². The third-order valence-electron chi connectivity index (χ3n) is 3.44. The van der Waals surface area contributed by atoms with Crippen molar-refractivity contribution in [2.75, 3.05) is 32.8 Å². The minimum absolute atomic E-state index is 0.0111. The zero-order valence-corrected chi connectivity index (χ0v) is 12.6. The number of morpholine rings is 1. The molecule has 1 fully saturated rings. The quantitative estimate of drug-likeness (QED) is 0.845. The number of carbonyl (C=O) groups is 1. The predicted molar refractivity (Wildman–Crippen MR) is 76.6 cm³/mol. The minimum atomic E-state index is 0.0111. The number of ether oxygens (including phenoxy) is 1. The van der Waals surface area contributed by atoms with Crippen molar-refractivity contribution in [1.29, 1.82) is 0 Å². The van der Waals surface area contributed by atoms with Crippen molar-refractivity contribution in [2.45, 2.75) is 33.4 Å². The van der Waals surface area contributed by atoms with E-state index in [0.29, 0.717) is 0 Å². The van der Waals surface area contributed by atoms with E-state index in [-0.39, 0.29) is 18.5 Å². The first-order valence-electron chi connectivity index (χ1n) is 7.15. The standard InChI is InChI=1S/C14H24N4O2/c1-11-8-13(3)18(16-11)10-14(19)15-12(2)9-17-4-6-20-7-5-17/h8,12H,4-7,9-10H2,1-3H3,(H,15,19). The monoisotopic (exact) mass is 280 g/mol. The maximum atomic E-state index is 12.0. The SMILES string of the molecule is Cc1cc(C)n(CC(=O)NC(C)CN2CCOCC2)n1. The highest BCUT2D eigenvalue weighted by molar-refractivity contribution is 5.76. The largest absolute Gasteiger partial charge is 0.379 e. The van der Waals surface area contributed by atoms with E-state index < -0.39 is 0 Å². The molecule has 0 spiro atoms. The van der Waals surface area contributed by atoms with E-state index in [0.717, 1.165) is 44.2 Å². The van der Waals surface area contributed by atoms with Crippen LogP contribution in [0.3, 0.4) is 0 Å². The van der Waals surface area contributed by atoms with Gasteiger partial charge in [0.15, 0.2) is 0 Å². The van der Waals surface area contributed by atoms with Crippen LogP contribution in [0.15, 0.2) is 6.07 Å². The summed E-state index contributed by atoms with van der Waals surface area (Å²) in [5.74, 6) is 0.0111. The Morgan fingerprint density at radius 1 is 1.45 bits per heavy atom. The van der Waals surface area contributed by atoms with Gasteiger partial charge >= 0.3 is 0 Å². The van der Waals surface area contributed by atoms with Crippen LogP contribution in [0.5, 0.6) is 0 Å². The number of carbonyl (C=O) groups excluding carboxylic acids is 1. The third kappa shape index (κ3) is 4.31. The van der Waals surface area contributed by atoms with E-state index in [1.165, 1.54) is 0 Å². The van der Waals surface area contributed by atoms with Crippen molar-refractivity contribution >= 4 is 5.91 Å². The van der Waals surface area contributed by atoms with Crippen molar-refractivity contribution in [3.05, 3.63) is 17.5 Å². The number of rotatable bonds is 5. The number of nitrogens with one attached hydrogen (secondary N) is 1. The van der Waals surface area contributed by atoms with E-state index in [2.05, 4.69) is 15.3 Å². The van der Waals surface area contributed by atoms with Crippen molar-refractivity contribution in [3.8, 4) is 0 Å². The van der Waals surface area contributed by atoms with Gasteiger partial charge < -0.3 is 10.1 Å². The van der Waals surface area contributed by atoms with Crippen LogP contribution >= 0.6 is 0 Å². The van der Waals surface area contributed by atoms with E-state index in [1.54, 1.807) is 4.68 Å². The maximum Gasteiger partial charge on any atom is 0.241 e. The molecular weight excluding hydrogens is 256 g/mol. The van der Waals surface area contributed by atoms with E-state index >= 15 is 0 Å². The molecule has 1 aromatic rings.